The number of benzene rings is 1. The number of carbonyl (C=O) groups is 1. The van der Waals surface area contributed by atoms with E-state index in [9.17, 15) is 14.3 Å². The van der Waals surface area contributed by atoms with Crippen molar-refractivity contribution in [2.24, 2.45) is 0 Å². The van der Waals surface area contributed by atoms with Crippen LogP contribution in [-0.4, -0.2) is 43.0 Å². The number of hydrogen-bond acceptors (Lipinski definition) is 4. The summed E-state index contributed by atoms with van der Waals surface area (Å²) >= 11 is 5.60. The molecular formula is C13H15ClFNO4. The van der Waals surface area contributed by atoms with Crippen LogP contribution in [0.2, 0.25) is 5.02 Å². The first kappa shape index (κ1) is 15.0. The van der Waals surface area contributed by atoms with E-state index < -0.39 is 11.9 Å². The largest absolute Gasteiger partial charge is 0.484 e. The maximum absolute atomic E-state index is 12.9. The molecule has 2 rings (SSSR count). The number of halogens is 2. The second kappa shape index (κ2) is 6.88. The van der Waals surface area contributed by atoms with Crippen molar-refractivity contribution >= 4 is 17.5 Å². The molecule has 1 fully saturated rings. The van der Waals surface area contributed by atoms with Gasteiger partial charge in [-0.2, -0.15) is 0 Å². The lowest BCUT2D eigenvalue weighted by Crippen LogP contribution is -2.49. The van der Waals surface area contributed by atoms with Crippen LogP contribution in [0.4, 0.5) is 4.39 Å². The van der Waals surface area contributed by atoms with Crippen molar-refractivity contribution in [1.29, 1.82) is 0 Å². The van der Waals surface area contributed by atoms with Crippen molar-refractivity contribution in [2.45, 2.75) is 18.6 Å². The Bertz CT molecular complexity index is 485. The summed E-state index contributed by atoms with van der Waals surface area (Å²) in [6, 6.07) is 3.51. The maximum atomic E-state index is 12.9. The molecule has 0 aliphatic carbocycles. The highest BCUT2D eigenvalue weighted by Crippen LogP contribution is 2.20. The van der Waals surface area contributed by atoms with E-state index in [4.69, 9.17) is 21.1 Å². The summed E-state index contributed by atoms with van der Waals surface area (Å²) < 4.78 is 23.2. The van der Waals surface area contributed by atoms with E-state index >= 15 is 0 Å². The summed E-state index contributed by atoms with van der Waals surface area (Å²) in [6.45, 7) is 0.474. The fourth-order valence-corrected chi connectivity index (χ4v) is 2.03. The first-order valence-electron chi connectivity index (χ1n) is 6.19. The van der Waals surface area contributed by atoms with Gasteiger partial charge in [-0.15, -0.1) is 0 Å². The Morgan fingerprint density at radius 3 is 3.10 bits per heavy atom. The normalized spacial score (nSPS) is 22.4. The molecule has 1 amide bonds. The Kier molecular flexibility index (Phi) is 5.17. The van der Waals surface area contributed by atoms with Crippen molar-refractivity contribution in [1.82, 2.24) is 5.32 Å². The third-order valence-electron chi connectivity index (χ3n) is 2.93. The molecule has 0 saturated carbocycles. The zero-order valence-corrected chi connectivity index (χ0v) is 11.4. The molecular weight excluding hydrogens is 289 g/mol. The van der Waals surface area contributed by atoms with Crippen LogP contribution in [0.25, 0.3) is 0 Å². The third-order valence-corrected chi connectivity index (χ3v) is 3.22. The molecule has 0 bridgehead atoms. The molecule has 1 aromatic carbocycles. The number of nitrogens with one attached hydrogen (secondary N) is 1. The Morgan fingerprint density at radius 2 is 2.40 bits per heavy atom. The van der Waals surface area contributed by atoms with Crippen molar-refractivity contribution in [3.8, 4) is 5.75 Å². The van der Waals surface area contributed by atoms with E-state index in [-0.39, 0.29) is 30.2 Å². The van der Waals surface area contributed by atoms with Crippen LogP contribution >= 0.6 is 11.6 Å². The monoisotopic (exact) mass is 303 g/mol. The molecule has 0 aromatic heterocycles. The lowest BCUT2D eigenvalue weighted by molar-refractivity contribution is -0.126. The van der Waals surface area contributed by atoms with Crippen LogP contribution in [0.5, 0.6) is 5.75 Å². The molecule has 0 radical (unpaired) electrons. The zero-order valence-electron chi connectivity index (χ0n) is 10.6. The number of carbonyl (C=O) groups excluding carboxylic acids is 1. The first-order valence-corrected chi connectivity index (χ1v) is 6.57. The van der Waals surface area contributed by atoms with Crippen LogP contribution in [0.3, 0.4) is 0 Å². The highest BCUT2D eigenvalue weighted by atomic mass is 35.5. The van der Waals surface area contributed by atoms with Crippen LogP contribution in [0.1, 0.15) is 6.42 Å². The van der Waals surface area contributed by atoms with Gasteiger partial charge >= 0.3 is 0 Å². The van der Waals surface area contributed by atoms with Gasteiger partial charge in [0.2, 0.25) is 0 Å². The lowest BCUT2D eigenvalue weighted by Gasteiger charge is -2.28. The fourth-order valence-electron chi connectivity index (χ4n) is 1.86. The molecule has 110 valence electrons. The smallest absolute Gasteiger partial charge is 0.258 e. The first-order chi connectivity index (χ1) is 9.56. The molecule has 1 heterocycles. The van der Waals surface area contributed by atoms with Gasteiger partial charge in [0.05, 0.1) is 23.8 Å². The number of ether oxygens (including phenoxy) is 2. The minimum Gasteiger partial charge on any atom is -0.484 e. The van der Waals surface area contributed by atoms with E-state index in [0.717, 1.165) is 6.07 Å². The molecule has 2 N–H and O–H groups in total. The molecule has 0 unspecified atom stereocenters. The maximum Gasteiger partial charge on any atom is 0.258 e. The van der Waals surface area contributed by atoms with E-state index in [2.05, 4.69) is 5.32 Å². The Labute approximate surface area is 120 Å². The van der Waals surface area contributed by atoms with Crippen LogP contribution in [0.15, 0.2) is 18.2 Å². The average molecular weight is 304 g/mol. The quantitative estimate of drug-likeness (QED) is 0.875. The second-order valence-electron chi connectivity index (χ2n) is 4.47. The van der Waals surface area contributed by atoms with Crippen LogP contribution in [-0.2, 0) is 9.53 Å². The molecule has 1 saturated heterocycles. The topological polar surface area (TPSA) is 67.8 Å². The molecule has 1 aliphatic rings. The zero-order chi connectivity index (χ0) is 14.5. The Balaban J connectivity index is 1.81. The predicted octanol–water partition coefficient (Wildman–Crippen LogP) is 1.12. The SMILES string of the molecule is O=C(COc1ccc(F)c(Cl)c1)N[C@@H]1CCOC[C@H]1O. The summed E-state index contributed by atoms with van der Waals surface area (Å²) in [7, 11) is 0. The van der Waals surface area contributed by atoms with Gasteiger partial charge < -0.3 is 19.9 Å². The minimum atomic E-state index is -0.715. The van der Waals surface area contributed by atoms with Gasteiger partial charge in [0.1, 0.15) is 11.6 Å². The third kappa shape index (κ3) is 4.06. The van der Waals surface area contributed by atoms with E-state index in [0.29, 0.717) is 18.8 Å². The molecule has 2 atom stereocenters. The van der Waals surface area contributed by atoms with Crippen molar-refractivity contribution in [2.75, 3.05) is 19.8 Å². The minimum absolute atomic E-state index is 0.0669. The number of aliphatic hydroxyl groups excluding tert-OH is 1. The van der Waals surface area contributed by atoms with Gasteiger partial charge in [0.25, 0.3) is 5.91 Å². The average Bonchev–Trinajstić information content (AvgIpc) is 2.43. The summed E-state index contributed by atoms with van der Waals surface area (Å²) in [4.78, 5) is 11.7. The molecule has 1 aromatic rings. The molecule has 20 heavy (non-hydrogen) atoms. The van der Waals surface area contributed by atoms with E-state index in [1.807, 2.05) is 0 Å². The van der Waals surface area contributed by atoms with Gasteiger partial charge in [0.15, 0.2) is 6.61 Å². The van der Waals surface area contributed by atoms with Crippen LogP contribution in [0, 0.1) is 5.82 Å². The highest BCUT2D eigenvalue weighted by molar-refractivity contribution is 6.30. The number of rotatable bonds is 4. The number of hydrogen-bond donors (Lipinski definition) is 2. The Morgan fingerprint density at radius 1 is 1.60 bits per heavy atom. The van der Waals surface area contributed by atoms with Crippen LogP contribution < -0.4 is 10.1 Å². The molecule has 5 nitrogen and oxygen atoms in total. The highest BCUT2D eigenvalue weighted by Gasteiger charge is 2.25. The second-order valence-corrected chi connectivity index (χ2v) is 4.88. The van der Waals surface area contributed by atoms with Gasteiger partial charge in [0, 0.05) is 12.7 Å². The number of aliphatic hydroxyl groups is 1. The summed E-state index contributed by atoms with van der Waals surface area (Å²) in [6.07, 6.45) is -0.164. The van der Waals surface area contributed by atoms with Gasteiger partial charge in [-0.1, -0.05) is 11.6 Å². The standard InChI is InChI=1S/C13H15ClFNO4/c14-9-5-8(1-2-10(9)15)20-7-13(18)16-11-3-4-19-6-12(11)17/h1-2,5,11-12,17H,3-4,6-7H2,(H,16,18)/t11-,12-/m1/s1. The Hall–Kier alpha value is -1.37. The summed E-state index contributed by atoms with van der Waals surface area (Å²) in [5.74, 6) is -0.607. The molecule has 1 aliphatic heterocycles. The molecule has 0 spiro atoms. The lowest BCUT2D eigenvalue weighted by atomic mass is 10.1. The molecule has 7 heteroatoms. The van der Waals surface area contributed by atoms with Crippen molar-refractivity contribution < 1.29 is 23.8 Å². The fraction of sp³-hybridized carbons (Fsp3) is 0.462. The van der Waals surface area contributed by atoms with Crippen molar-refractivity contribution in [3.05, 3.63) is 29.0 Å². The summed E-state index contributed by atoms with van der Waals surface area (Å²) in [5.41, 5.74) is 0. The van der Waals surface area contributed by atoms with Gasteiger partial charge in [-0.05, 0) is 18.6 Å². The predicted molar refractivity (Wildman–Crippen MR) is 70.3 cm³/mol. The summed E-state index contributed by atoms with van der Waals surface area (Å²) in [5, 5.41) is 12.2. The van der Waals surface area contributed by atoms with E-state index in [1.165, 1.54) is 12.1 Å². The van der Waals surface area contributed by atoms with Gasteiger partial charge in [-0.3, -0.25) is 4.79 Å². The van der Waals surface area contributed by atoms with Crippen molar-refractivity contribution in [3.63, 3.8) is 0 Å². The van der Waals surface area contributed by atoms with Gasteiger partial charge in [-0.25, -0.2) is 4.39 Å². The van der Waals surface area contributed by atoms with E-state index in [1.54, 1.807) is 0 Å². The number of amides is 1.